The first-order valence-corrected chi connectivity index (χ1v) is 4.54. The molecule has 0 radical (unpaired) electrons. The molecular formula is C9H5FIN. The van der Waals surface area contributed by atoms with Gasteiger partial charge in [-0.15, -0.1) is 0 Å². The van der Waals surface area contributed by atoms with E-state index in [1.165, 1.54) is 12.1 Å². The summed E-state index contributed by atoms with van der Waals surface area (Å²) in [5.41, 5.74) is 0. The van der Waals surface area contributed by atoms with Crippen LogP contribution >= 0.6 is 22.6 Å². The van der Waals surface area contributed by atoms with Crippen LogP contribution < -0.4 is 0 Å². The summed E-state index contributed by atoms with van der Waals surface area (Å²) < 4.78 is 13.8. The van der Waals surface area contributed by atoms with Crippen molar-refractivity contribution >= 4 is 33.4 Å². The maximum atomic E-state index is 12.8. The summed E-state index contributed by atoms with van der Waals surface area (Å²) in [6.07, 6.45) is 3.46. The molecule has 60 valence electrons. The van der Waals surface area contributed by atoms with E-state index < -0.39 is 0 Å². The standard InChI is InChI=1S/C9H5FIN/c10-7-2-1-6-4-12-5-9(11)8(6)3-7/h1-5H. The molecule has 1 nitrogen and oxygen atoms in total. The minimum absolute atomic E-state index is 0.202. The third-order valence-corrected chi connectivity index (χ3v) is 2.53. The minimum Gasteiger partial charge on any atom is -0.263 e. The summed E-state index contributed by atoms with van der Waals surface area (Å²) >= 11 is 2.15. The molecule has 0 N–H and O–H groups in total. The van der Waals surface area contributed by atoms with Crippen LogP contribution in [0.25, 0.3) is 10.8 Å². The molecule has 1 aromatic heterocycles. The highest BCUT2D eigenvalue weighted by atomic mass is 127. The lowest BCUT2D eigenvalue weighted by Crippen LogP contribution is -1.82. The molecule has 1 heterocycles. The van der Waals surface area contributed by atoms with E-state index in [0.29, 0.717) is 0 Å². The summed E-state index contributed by atoms with van der Waals surface area (Å²) in [5, 5.41) is 1.90. The Labute approximate surface area is 82.8 Å². The molecule has 0 aliphatic heterocycles. The lowest BCUT2D eigenvalue weighted by molar-refractivity contribution is 0.629. The predicted molar refractivity (Wildman–Crippen MR) is 54.4 cm³/mol. The Morgan fingerprint density at radius 1 is 1.25 bits per heavy atom. The Kier molecular flexibility index (Phi) is 1.96. The van der Waals surface area contributed by atoms with Crippen molar-refractivity contribution in [3.05, 3.63) is 40.0 Å². The Hall–Kier alpha value is -0.710. The Morgan fingerprint density at radius 2 is 2.08 bits per heavy atom. The van der Waals surface area contributed by atoms with Crippen LogP contribution in [0.3, 0.4) is 0 Å². The van der Waals surface area contributed by atoms with Gasteiger partial charge in [-0.1, -0.05) is 0 Å². The zero-order chi connectivity index (χ0) is 8.55. The lowest BCUT2D eigenvalue weighted by atomic mass is 10.2. The van der Waals surface area contributed by atoms with E-state index >= 15 is 0 Å². The molecule has 2 aromatic rings. The molecule has 0 atom stereocenters. The summed E-state index contributed by atoms with van der Waals surface area (Å²) in [6, 6.07) is 4.71. The molecule has 12 heavy (non-hydrogen) atoms. The maximum absolute atomic E-state index is 12.8. The zero-order valence-electron chi connectivity index (χ0n) is 6.09. The van der Waals surface area contributed by atoms with Gasteiger partial charge in [0.25, 0.3) is 0 Å². The summed E-state index contributed by atoms with van der Waals surface area (Å²) in [4.78, 5) is 4.01. The van der Waals surface area contributed by atoms with Crippen LogP contribution in [0.2, 0.25) is 0 Å². The normalized spacial score (nSPS) is 10.5. The average Bonchev–Trinajstić information content (AvgIpc) is 2.07. The van der Waals surface area contributed by atoms with Crippen LogP contribution in [0.15, 0.2) is 30.6 Å². The fraction of sp³-hybridized carbons (Fsp3) is 0. The van der Waals surface area contributed by atoms with E-state index in [-0.39, 0.29) is 5.82 Å². The van der Waals surface area contributed by atoms with Crippen molar-refractivity contribution in [3.8, 4) is 0 Å². The number of aromatic nitrogens is 1. The number of fused-ring (bicyclic) bond motifs is 1. The molecule has 0 bridgehead atoms. The van der Waals surface area contributed by atoms with Crippen LogP contribution in [-0.4, -0.2) is 4.98 Å². The topological polar surface area (TPSA) is 12.9 Å². The van der Waals surface area contributed by atoms with Crippen LogP contribution in [0, 0.1) is 9.39 Å². The Bertz CT molecular complexity index is 428. The van der Waals surface area contributed by atoms with Crippen molar-refractivity contribution in [2.75, 3.05) is 0 Å². The molecule has 0 amide bonds. The van der Waals surface area contributed by atoms with E-state index in [4.69, 9.17) is 0 Å². The number of pyridine rings is 1. The van der Waals surface area contributed by atoms with Crippen molar-refractivity contribution in [2.45, 2.75) is 0 Å². The molecule has 0 saturated carbocycles. The van der Waals surface area contributed by atoms with Crippen molar-refractivity contribution in [2.24, 2.45) is 0 Å². The number of nitrogens with zero attached hydrogens (tertiary/aromatic N) is 1. The predicted octanol–water partition coefficient (Wildman–Crippen LogP) is 2.98. The third-order valence-electron chi connectivity index (χ3n) is 1.67. The van der Waals surface area contributed by atoms with Crippen LogP contribution in [0.5, 0.6) is 0 Å². The van der Waals surface area contributed by atoms with Crippen molar-refractivity contribution in [1.82, 2.24) is 4.98 Å². The number of halogens is 2. The summed E-state index contributed by atoms with van der Waals surface area (Å²) in [7, 11) is 0. The van der Waals surface area contributed by atoms with Gasteiger partial charge < -0.3 is 0 Å². The minimum atomic E-state index is -0.202. The largest absolute Gasteiger partial charge is 0.263 e. The fourth-order valence-electron chi connectivity index (χ4n) is 1.10. The molecule has 0 unspecified atom stereocenters. The molecule has 0 aliphatic carbocycles. The molecule has 0 fully saturated rings. The summed E-state index contributed by atoms with van der Waals surface area (Å²) in [6.45, 7) is 0. The number of hydrogen-bond donors (Lipinski definition) is 0. The Morgan fingerprint density at radius 3 is 2.92 bits per heavy atom. The first kappa shape index (κ1) is 7.91. The van der Waals surface area contributed by atoms with Gasteiger partial charge in [0.15, 0.2) is 0 Å². The second kappa shape index (κ2) is 2.97. The monoisotopic (exact) mass is 273 g/mol. The zero-order valence-corrected chi connectivity index (χ0v) is 8.25. The molecule has 0 saturated heterocycles. The van der Waals surface area contributed by atoms with Gasteiger partial charge in [-0.2, -0.15) is 0 Å². The Balaban J connectivity index is 2.88. The van der Waals surface area contributed by atoms with E-state index in [1.807, 2.05) is 0 Å². The average molecular weight is 273 g/mol. The summed E-state index contributed by atoms with van der Waals surface area (Å²) in [5.74, 6) is -0.202. The van der Waals surface area contributed by atoms with Crippen LogP contribution in [0.1, 0.15) is 0 Å². The quantitative estimate of drug-likeness (QED) is 0.672. The number of rotatable bonds is 0. The first-order chi connectivity index (χ1) is 5.77. The van der Waals surface area contributed by atoms with Gasteiger partial charge in [0.2, 0.25) is 0 Å². The van der Waals surface area contributed by atoms with Crippen molar-refractivity contribution in [1.29, 1.82) is 0 Å². The van der Waals surface area contributed by atoms with Gasteiger partial charge in [-0.25, -0.2) is 4.39 Å². The molecule has 2 rings (SSSR count). The van der Waals surface area contributed by atoms with Gasteiger partial charge in [0.1, 0.15) is 5.82 Å². The highest BCUT2D eigenvalue weighted by Gasteiger charge is 1.98. The number of benzene rings is 1. The first-order valence-electron chi connectivity index (χ1n) is 3.46. The van der Waals surface area contributed by atoms with Gasteiger partial charge in [-0.3, -0.25) is 4.98 Å². The van der Waals surface area contributed by atoms with Crippen LogP contribution in [0.4, 0.5) is 4.39 Å². The molecule has 3 heteroatoms. The lowest BCUT2D eigenvalue weighted by Gasteiger charge is -1.98. The fourth-order valence-corrected chi connectivity index (χ4v) is 1.73. The van der Waals surface area contributed by atoms with Gasteiger partial charge >= 0.3 is 0 Å². The van der Waals surface area contributed by atoms with Gasteiger partial charge in [0, 0.05) is 26.7 Å². The highest BCUT2D eigenvalue weighted by Crippen LogP contribution is 2.19. The molecule has 0 spiro atoms. The van der Waals surface area contributed by atoms with E-state index in [9.17, 15) is 4.39 Å². The second-order valence-corrected chi connectivity index (χ2v) is 3.65. The SMILES string of the molecule is Fc1ccc2cncc(I)c2c1. The van der Waals surface area contributed by atoms with E-state index in [0.717, 1.165) is 14.3 Å². The second-order valence-electron chi connectivity index (χ2n) is 2.49. The number of hydrogen-bond acceptors (Lipinski definition) is 1. The van der Waals surface area contributed by atoms with E-state index in [1.54, 1.807) is 18.5 Å². The van der Waals surface area contributed by atoms with Crippen molar-refractivity contribution in [3.63, 3.8) is 0 Å². The molecule has 1 aromatic carbocycles. The maximum Gasteiger partial charge on any atom is 0.123 e. The molecular weight excluding hydrogens is 268 g/mol. The van der Waals surface area contributed by atoms with Crippen molar-refractivity contribution < 1.29 is 4.39 Å². The third kappa shape index (κ3) is 1.29. The highest BCUT2D eigenvalue weighted by molar-refractivity contribution is 14.1. The van der Waals surface area contributed by atoms with E-state index in [2.05, 4.69) is 27.6 Å². The van der Waals surface area contributed by atoms with Gasteiger partial charge in [-0.05, 0) is 40.8 Å². The van der Waals surface area contributed by atoms with Crippen LogP contribution in [-0.2, 0) is 0 Å². The van der Waals surface area contributed by atoms with Gasteiger partial charge in [0.05, 0.1) is 0 Å². The smallest absolute Gasteiger partial charge is 0.123 e. The molecule has 0 aliphatic rings.